The van der Waals surface area contributed by atoms with Crippen LogP contribution >= 0.6 is 7.80 Å². The van der Waals surface area contributed by atoms with Crippen LogP contribution in [0.4, 0.5) is 0 Å². The average molecular weight is 293 g/mol. The third-order valence-electron chi connectivity index (χ3n) is 3.29. The number of rotatable bonds is 3. The SMILES string of the molecule is O=[P+](c1ccccc1)c1ccc(-c2ccc(O)cc2)cc1. The molecular weight excluding hydrogens is 279 g/mol. The Labute approximate surface area is 124 Å². The van der Waals surface area contributed by atoms with Gasteiger partial charge in [0.1, 0.15) is 5.75 Å². The minimum atomic E-state index is -1.55. The topological polar surface area (TPSA) is 37.3 Å². The average Bonchev–Trinajstić information content (AvgIpc) is 2.56. The maximum absolute atomic E-state index is 12.5. The zero-order chi connectivity index (χ0) is 14.7. The van der Waals surface area contributed by atoms with Gasteiger partial charge in [0.05, 0.1) is 0 Å². The molecule has 3 aromatic rings. The highest BCUT2D eigenvalue weighted by Crippen LogP contribution is 2.24. The molecule has 2 nitrogen and oxygen atoms in total. The number of benzene rings is 3. The Morgan fingerprint density at radius 3 is 1.67 bits per heavy atom. The summed E-state index contributed by atoms with van der Waals surface area (Å²) in [4.78, 5) is 0. The molecule has 3 rings (SSSR count). The Hall–Kier alpha value is -2.44. The van der Waals surface area contributed by atoms with E-state index in [0.717, 1.165) is 21.7 Å². The predicted molar refractivity (Wildman–Crippen MR) is 86.9 cm³/mol. The Kier molecular flexibility index (Phi) is 3.81. The van der Waals surface area contributed by atoms with Crippen LogP contribution in [0, 0.1) is 0 Å². The lowest BCUT2D eigenvalue weighted by Crippen LogP contribution is -2.05. The van der Waals surface area contributed by atoms with Gasteiger partial charge in [0.25, 0.3) is 0 Å². The van der Waals surface area contributed by atoms with Crippen LogP contribution in [0.25, 0.3) is 11.1 Å². The van der Waals surface area contributed by atoms with Crippen LogP contribution in [0.15, 0.2) is 78.9 Å². The molecule has 0 heterocycles. The Morgan fingerprint density at radius 1 is 0.619 bits per heavy atom. The van der Waals surface area contributed by atoms with E-state index < -0.39 is 7.80 Å². The van der Waals surface area contributed by atoms with Crippen molar-refractivity contribution in [1.29, 1.82) is 0 Å². The summed E-state index contributed by atoms with van der Waals surface area (Å²) in [6.07, 6.45) is 0. The summed E-state index contributed by atoms with van der Waals surface area (Å²) < 4.78 is 12.5. The molecule has 1 N–H and O–H groups in total. The van der Waals surface area contributed by atoms with Crippen LogP contribution in [0.1, 0.15) is 0 Å². The third kappa shape index (κ3) is 3.01. The Morgan fingerprint density at radius 2 is 1.10 bits per heavy atom. The smallest absolute Gasteiger partial charge is 0.415 e. The van der Waals surface area contributed by atoms with Gasteiger partial charge >= 0.3 is 7.80 Å². The van der Waals surface area contributed by atoms with Gasteiger partial charge in [-0.2, -0.15) is 0 Å². The maximum atomic E-state index is 12.5. The molecule has 1 unspecified atom stereocenters. The summed E-state index contributed by atoms with van der Waals surface area (Å²) in [6, 6.07) is 24.2. The van der Waals surface area contributed by atoms with Crippen LogP contribution in [0.3, 0.4) is 0 Å². The first-order chi connectivity index (χ1) is 10.2. The number of phenols is 1. The standard InChI is InChI=1S/C18H13O2P/c19-16-10-6-14(7-11-16)15-8-12-18(13-9-15)21(20)17-4-2-1-3-5-17/h1-13H/p+1. The van der Waals surface area contributed by atoms with Crippen molar-refractivity contribution < 1.29 is 9.67 Å². The molecule has 21 heavy (non-hydrogen) atoms. The second-order valence-electron chi connectivity index (χ2n) is 4.72. The van der Waals surface area contributed by atoms with E-state index >= 15 is 0 Å². The van der Waals surface area contributed by atoms with E-state index in [-0.39, 0.29) is 5.75 Å². The number of phenolic OH excluding ortho intramolecular Hbond substituents is 1. The number of aromatic hydroxyl groups is 1. The Balaban J connectivity index is 1.87. The molecule has 0 spiro atoms. The van der Waals surface area contributed by atoms with Crippen LogP contribution in [-0.2, 0) is 4.57 Å². The molecule has 0 aromatic heterocycles. The van der Waals surface area contributed by atoms with Crippen molar-refractivity contribution in [3.05, 3.63) is 78.9 Å². The molecule has 3 heteroatoms. The zero-order valence-corrected chi connectivity index (χ0v) is 12.2. The van der Waals surface area contributed by atoms with E-state index in [4.69, 9.17) is 0 Å². The lowest BCUT2D eigenvalue weighted by Gasteiger charge is -2.01. The largest absolute Gasteiger partial charge is 0.508 e. The molecule has 102 valence electrons. The fourth-order valence-electron chi connectivity index (χ4n) is 2.16. The molecule has 0 aliphatic heterocycles. The normalized spacial score (nSPS) is 11.1. The van der Waals surface area contributed by atoms with Crippen LogP contribution in [0.2, 0.25) is 0 Å². The minimum Gasteiger partial charge on any atom is -0.508 e. The molecule has 0 fully saturated rings. The first-order valence-electron chi connectivity index (χ1n) is 6.66. The second-order valence-corrected chi connectivity index (χ2v) is 6.35. The van der Waals surface area contributed by atoms with Gasteiger partial charge in [-0.3, -0.25) is 0 Å². The van der Waals surface area contributed by atoms with Gasteiger partial charge in [-0.05, 0) is 59.7 Å². The van der Waals surface area contributed by atoms with Crippen LogP contribution in [-0.4, -0.2) is 5.11 Å². The van der Waals surface area contributed by atoms with Crippen LogP contribution in [0.5, 0.6) is 5.75 Å². The van der Waals surface area contributed by atoms with E-state index in [0.29, 0.717) is 0 Å². The molecule has 1 atom stereocenters. The molecule has 0 aliphatic carbocycles. The Bertz CT molecular complexity index is 747. The predicted octanol–water partition coefficient (Wildman–Crippen LogP) is 3.84. The van der Waals surface area contributed by atoms with Gasteiger partial charge in [0.15, 0.2) is 10.6 Å². The third-order valence-corrected chi connectivity index (χ3v) is 4.83. The van der Waals surface area contributed by atoms with Gasteiger partial charge in [-0.25, -0.2) is 0 Å². The highest BCUT2D eigenvalue weighted by molar-refractivity contribution is 7.61. The fourth-order valence-corrected chi connectivity index (χ4v) is 3.32. The lowest BCUT2D eigenvalue weighted by atomic mass is 10.1. The zero-order valence-electron chi connectivity index (χ0n) is 11.3. The van der Waals surface area contributed by atoms with Crippen molar-refractivity contribution in [3.63, 3.8) is 0 Å². The van der Waals surface area contributed by atoms with E-state index in [1.54, 1.807) is 12.1 Å². The van der Waals surface area contributed by atoms with Gasteiger partial charge in [-0.15, -0.1) is 0 Å². The van der Waals surface area contributed by atoms with E-state index in [2.05, 4.69) is 0 Å². The first kappa shape index (κ1) is 13.5. The van der Waals surface area contributed by atoms with Gasteiger partial charge < -0.3 is 5.11 Å². The first-order valence-corrected chi connectivity index (χ1v) is 7.92. The van der Waals surface area contributed by atoms with Crippen molar-refractivity contribution >= 4 is 18.4 Å². The molecule has 0 bridgehead atoms. The summed E-state index contributed by atoms with van der Waals surface area (Å²) in [5.74, 6) is 0.252. The van der Waals surface area contributed by atoms with E-state index in [1.165, 1.54) is 0 Å². The molecule has 0 aliphatic rings. The number of hydrogen-bond donors (Lipinski definition) is 1. The summed E-state index contributed by atoms with van der Waals surface area (Å²) in [5.41, 5.74) is 2.06. The highest BCUT2D eigenvalue weighted by Gasteiger charge is 2.22. The maximum Gasteiger partial charge on any atom is 0.415 e. The molecule has 0 saturated heterocycles. The highest BCUT2D eigenvalue weighted by atomic mass is 31.1. The second kappa shape index (κ2) is 5.90. The van der Waals surface area contributed by atoms with Crippen molar-refractivity contribution in [3.8, 4) is 16.9 Å². The lowest BCUT2D eigenvalue weighted by molar-refractivity contribution is 0.475. The van der Waals surface area contributed by atoms with E-state index in [1.807, 2.05) is 66.7 Å². The van der Waals surface area contributed by atoms with Gasteiger partial charge in [-0.1, -0.05) is 34.9 Å². The summed E-state index contributed by atoms with van der Waals surface area (Å²) in [7, 11) is -1.55. The van der Waals surface area contributed by atoms with E-state index in [9.17, 15) is 9.67 Å². The van der Waals surface area contributed by atoms with Gasteiger partial charge in [0, 0.05) is 0 Å². The minimum absolute atomic E-state index is 0.252. The van der Waals surface area contributed by atoms with Crippen molar-refractivity contribution in [2.24, 2.45) is 0 Å². The van der Waals surface area contributed by atoms with Crippen molar-refractivity contribution in [1.82, 2.24) is 0 Å². The molecule has 0 saturated carbocycles. The number of hydrogen-bond acceptors (Lipinski definition) is 2. The summed E-state index contributed by atoms with van der Waals surface area (Å²) in [5, 5.41) is 11.0. The monoisotopic (exact) mass is 293 g/mol. The molecule has 0 radical (unpaired) electrons. The summed E-state index contributed by atoms with van der Waals surface area (Å²) >= 11 is 0. The molecule has 0 amide bonds. The van der Waals surface area contributed by atoms with Crippen molar-refractivity contribution in [2.45, 2.75) is 0 Å². The summed E-state index contributed by atoms with van der Waals surface area (Å²) in [6.45, 7) is 0. The quantitative estimate of drug-likeness (QED) is 0.745. The molecule has 3 aromatic carbocycles. The fraction of sp³-hybridized carbons (Fsp3) is 0. The van der Waals surface area contributed by atoms with Crippen molar-refractivity contribution in [2.75, 3.05) is 0 Å². The van der Waals surface area contributed by atoms with Crippen LogP contribution < -0.4 is 10.6 Å². The molecular formula is C18H14O2P+. The van der Waals surface area contributed by atoms with Gasteiger partial charge in [0.2, 0.25) is 0 Å².